The largest absolute Gasteiger partial charge is 0.342 e. The molecule has 3 aromatic rings. The first-order chi connectivity index (χ1) is 11.8. The Bertz CT molecular complexity index is 852. The van der Waals surface area contributed by atoms with Gasteiger partial charge in [0.25, 0.3) is 0 Å². The van der Waals surface area contributed by atoms with Gasteiger partial charge in [-0.25, -0.2) is 15.0 Å². The van der Waals surface area contributed by atoms with Crippen molar-refractivity contribution >= 4 is 16.9 Å². The van der Waals surface area contributed by atoms with Gasteiger partial charge in [0, 0.05) is 30.9 Å². The van der Waals surface area contributed by atoms with Gasteiger partial charge in [-0.2, -0.15) is 0 Å². The highest BCUT2D eigenvalue weighted by Crippen LogP contribution is 2.19. The van der Waals surface area contributed by atoms with Gasteiger partial charge in [0.05, 0.1) is 24.5 Å². The predicted octanol–water partition coefficient (Wildman–Crippen LogP) is 2.37. The number of nitrogens with zero attached hydrogens (tertiary/aromatic N) is 5. The lowest BCUT2D eigenvalue weighted by Crippen LogP contribution is -2.36. The third-order valence-electron chi connectivity index (χ3n) is 4.47. The molecule has 4 rings (SSSR count). The molecule has 0 radical (unpaired) electrons. The van der Waals surface area contributed by atoms with Crippen LogP contribution in [0, 0.1) is 0 Å². The molecule has 1 aliphatic rings. The minimum absolute atomic E-state index is 0.201. The number of pyridine rings is 1. The molecule has 24 heavy (non-hydrogen) atoms. The molecular weight excluding hydrogens is 302 g/mol. The number of carbonyl (C=O) groups excluding carboxylic acids is 1. The summed E-state index contributed by atoms with van der Waals surface area (Å²) in [4.78, 5) is 27.0. The molecule has 1 saturated heterocycles. The molecule has 1 amide bonds. The quantitative estimate of drug-likeness (QED) is 0.743. The molecule has 0 bridgehead atoms. The third-order valence-corrected chi connectivity index (χ3v) is 4.47. The number of piperidine rings is 1. The van der Waals surface area contributed by atoms with E-state index >= 15 is 0 Å². The Morgan fingerprint density at radius 1 is 1.08 bits per heavy atom. The zero-order chi connectivity index (χ0) is 16.4. The summed E-state index contributed by atoms with van der Waals surface area (Å²) in [6, 6.07) is 4.05. The second-order valence-corrected chi connectivity index (χ2v) is 6.16. The van der Waals surface area contributed by atoms with E-state index in [1.165, 1.54) is 12.7 Å². The van der Waals surface area contributed by atoms with Gasteiger partial charge in [0.1, 0.15) is 12.0 Å². The molecule has 0 spiro atoms. The lowest BCUT2D eigenvalue weighted by molar-refractivity contribution is -0.131. The molecule has 6 nitrogen and oxygen atoms in total. The van der Waals surface area contributed by atoms with E-state index in [0.717, 1.165) is 48.2 Å². The lowest BCUT2D eigenvalue weighted by Gasteiger charge is -2.26. The van der Waals surface area contributed by atoms with Gasteiger partial charge in [-0.15, -0.1) is 0 Å². The average molecular weight is 321 g/mol. The molecule has 0 aromatic carbocycles. The first kappa shape index (κ1) is 14.8. The number of hydrogen-bond donors (Lipinski definition) is 0. The highest BCUT2D eigenvalue weighted by atomic mass is 16.2. The van der Waals surface area contributed by atoms with Crippen molar-refractivity contribution in [2.24, 2.45) is 0 Å². The monoisotopic (exact) mass is 321 g/mol. The van der Waals surface area contributed by atoms with Crippen LogP contribution in [0.1, 0.15) is 24.8 Å². The number of fused-ring (bicyclic) bond motifs is 1. The van der Waals surface area contributed by atoms with E-state index in [1.54, 1.807) is 18.6 Å². The number of rotatable bonds is 3. The topological polar surface area (TPSA) is 63.9 Å². The average Bonchev–Trinajstić information content (AvgIpc) is 3.06. The molecular formula is C18H19N5O. The van der Waals surface area contributed by atoms with Crippen molar-refractivity contribution in [1.82, 2.24) is 24.4 Å². The summed E-state index contributed by atoms with van der Waals surface area (Å²) in [6.45, 7) is 1.78. The maximum atomic E-state index is 12.4. The zero-order valence-electron chi connectivity index (χ0n) is 13.4. The smallest absolute Gasteiger partial charge is 0.227 e. The third kappa shape index (κ3) is 2.87. The van der Waals surface area contributed by atoms with E-state index in [9.17, 15) is 4.79 Å². The molecule has 0 atom stereocenters. The standard InChI is InChI=1S/C18H19N5O/c24-17(22-5-2-1-3-6-22)9-14-8-15-4-7-23(18(15)21-10-14)16-11-19-13-20-12-16/h4,7-8,10-13H,1-3,5-6,9H2. The molecule has 0 aliphatic carbocycles. The molecule has 0 unspecified atom stereocenters. The van der Waals surface area contributed by atoms with E-state index in [-0.39, 0.29) is 5.91 Å². The summed E-state index contributed by atoms with van der Waals surface area (Å²) in [5.41, 5.74) is 2.68. The normalized spacial score (nSPS) is 14.9. The van der Waals surface area contributed by atoms with Crippen LogP contribution in [0.15, 0.2) is 43.2 Å². The Hall–Kier alpha value is -2.76. The van der Waals surface area contributed by atoms with E-state index in [1.807, 2.05) is 27.8 Å². The lowest BCUT2D eigenvalue weighted by atomic mass is 10.1. The number of aromatic nitrogens is 4. The van der Waals surface area contributed by atoms with Crippen molar-refractivity contribution in [3.63, 3.8) is 0 Å². The van der Waals surface area contributed by atoms with Crippen molar-refractivity contribution in [2.75, 3.05) is 13.1 Å². The molecule has 0 saturated carbocycles. The fraction of sp³-hybridized carbons (Fsp3) is 0.333. The summed E-state index contributed by atoms with van der Waals surface area (Å²) >= 11 is 0. The van der Waals surface area contributed by atoms with Crippen LogP contribution in [0.25, 0.3) is 16.7 Å². The van der Waals surface area contributed by atoms with Crippen molar-refractivity contribution in [3.05, 3.63) is 48.8 Å². The zero-order valence-corrected chi connectivity index (χ0v) is 13.4. The maximum absolute atomic E-state index is 12.4. The second kappa shape index (κ2) is 6.39. The van der Waals surface area contributed by atoms with Crippen LogP contribution in [0.4, 0.5) is 0 Å². The molecule has 0 N–H and O–H groups in total. The second-order valence-electron chi connectivity index (χ2n) is 6.16. The predicted molar refractivity (Wildman–Crippen MR) is 90.8 cm³/mol. The first-order valence-electron chi connectivity index (χ1n) is 8.30. The Kier molecular flexibility index (Phi) is 3.94. The summed E-state index contributed by atoms with van der Waals surface area (Å²) in [6.07, 6.45) is 12.6. The molecule has 3 aromatic heterocycles. The van der Waals surface area contributed by atoms with Crippen molar-refractivity contribution in [3.8, 4) is 5.69 Å². The number of hydrogen-bond acceptors (Lipinski definition) is 4. The maximum Gasteiger partial charge on any atom is 0.227 e. The fourth-order valence-corrected chi connectivity index (χ4v) is 3.22. The van der Waals surface area contributed by atoms with Gasteiger partial charge in [-0.05, 0) is 37.0 Å². The fourth-order valence-electron chi connectivity index (χ4n) is 3.22. The molecule has 4 heterocycles. The van der Waals surface area contributed by atoms with Crippen LogP contribution >= 0.6 is 0 Å². The van der Waals surface area contributed by atoms with Crippen LogP contribution in [-0.4, -0.2) is 43.4 Å². The van der Waals surface area contributed by atoms with Crippen LogP contribution in [0.2, 0.25) is 0 Å². The van der Waals surface area contributed by atoms with Crippen LogP contribution in [0.3, 0.4) is 0 Å². The van der Waals surface area contributed by atoms with Gasteiger partial charge in [-0.3, -0.25) is 9.36 Å². The summed E-state index contributed by atoms with van der Waals surface area (Å²) < 4.78 is 1.95. The van der Waals surface area contributed by atoms with Gasteiger partial charge in [-0.1, -0.05) is 0 Å². The summed E-state index contributed by atoms with van der Waals surface area (Å²) in [7, 11) is 0. The first-order valence-corrected chi connectivity index (χ1v) is 8.30. The molecule has 1 aliphatic heterocycles. The molecule has 1 fully saturated rings. The van der Waals surface area contributed by atoms with E-state index in [0.29, 0.717) is 6.42 Å². The summed E-state index contributed by atoms with van der Waals surface area (Å²) in [5.74, 6) is 0.201. The number of likely N-dealkylation sites (tertiary alicyclic amines) is 1. The van der Waals surface area contributed by atoms with Crippen molar-refractivity contribution in [1.29, 1.82) is 0 Å². The van der Waals surface area contributed by atoms with Gasteiger partial charge >= 0.3 is 0 Å². The van der Waals surface area contributed by atoms with Gasteiger partial charge < -0.3 is 4.90 Å². The Morgan fingerprint density at radius 3 is 2.67 bits per heavy atom. The Labute approximate surface area is 140 Å². The Balaban J connectivity index is 1.57. The van der Waals surface area contributed by atoms with Crippen LogP contribution in [-0.2, 0) is 11.2 Å². The van der Waals surface area contributed by atoms with Gasteiger partial charge in [0.15, 0.2) is 0 Å². The Morgan fingerprint density at radius 2 is 1.88 bits per heavy atom. The van der Waals surface area contributed by atoms with Crippen LogP contribution in [0.5, 0.6) is 0 Å². The number of carbonyl (C=O) groups is 1. The SMILES string of the molecule is O=C(Cc1cnc2c(ccn2-c2cncnc2)c1)N1CCCCC1. The van der Waals surface area contributed by atoms with E-state index in [4.69, 9.17) is 0 Å². The minimum Gasteiger partial charge on any atom is -0.342 e. The van der Waals surface area contributed by atoms with Crippen molar-refractivity contribution < 1.29 is 4.79 Å². The summed E-state index contributed by atoms with van der Waals surface area (Å²) in [5, 5.41) is 1.02. The van der Waals surface area contributed by atoms with Gasteiger partial charge in [0.2, 0.25) is 5.91 Å². The van der Waals surface area contributed by atoms with Crippen LogP contribution < -0.4 is 0 Å². The minimum atomic E-state index is 0.201. The highest BCUT2D eigenvalue weighted by Gasteiger charge is 2.17. The van der Waals surface area contributed by atoms with E-state index in [2.05, 4.69) is 15.0 Å². The van der Waals surface area contributed by atoms with E-state index < -0.39 is 0 Å². The highest BCUT2D eigenvalue weighted by molar-refractivity contribution is 5.82. The molecule has 6 heteroatoms. The molecule has 122 valence electrons. The number of amides is 1. The van der Waals surface area contributed by atoms with Crippen molar-refractivity contribution in [2.45, 2.75) is 25.7 Å².